The van der Waals surface area contributed by atoms with Crippen LogP contribution in [0, 0.1) is 0 Å². The number of hydrogen-bond donors (Lipinski definition) is 0. The molecule has 2 amide bonds. The number of piperidine rings is 1. The van der Waals surface area contributed by atoms with Crippen LogP contribution < -0.4 is 0 Å². The van der Waals surface area contributed by atoms with Gasteiger partial charge in [-0.3, -0.25) is 9.78 Å². The van der Waals surface area contributed by atoms with Gasteiger partial charge in [0.15, 0.2) is 0 Å². The summed E-state index contributed by atoms with van der Waals surface area (Å²) in [6.45, 7) is 3.44. The van der Waals surface area contributed by atoms with Crippen LogP contribution in [0.25, 0.3) is 0 Å². The van der Waals surface area contributed by atoms with Crippen molar-refractivity contribution in [3.63, 3.8) is 0 Å². The number of aryl methyl sites for hydroxylation is 1. The summed E-state index contributed by atoms with van der Waals surface area (Å²) < 4.78 is 5.71. The van der Waals surface area contributed by atoms with E-state index in [9.17, 15) is 9.59 Å². The number of carbonyl (C=O) groups excluding carboxylic acids is 2. The van der Waals surface area contributed by atoms with Crippen LogP contribution in [-0.4, -0.2) is 84.1 Å². The molecule has 2 fully saturated rings. The van der Waals surface area contributed by atoms with Crippen molar-refractivity contribution in [3.05, 3.63) is 30.1 Å². The van der Waals surface area contributed by atoms with E-state index in [0.717, 1.165) is 12.2 Å². The number of amides is 2. The van der Waals surface area contributed by atoms with E-state index in [0.29, 0.717) is 51.9 Å². The van der Waals surface area contributed by atoms with Gasteiger partial charge in [0.1, 0.15) is 5.60 Å². The molecule has 0 N–H and O–H groups in total. The average Bonchev–Trinajstić information content (AvgIpc) is 2.94. The third kappa shape index (κ3) is 4.52. The molecule has 0 saturated carbocycles. The van der Waals surface area contributed by atoms with Gasteiger partial charge in [-0.25, -0.2) is 4.79 Å². The summed E-state index contributed by atoms with van der Waals surface area (Å²) in [4.78, 5) is 34.6. The number of likely N-dealkylation sites (N-methyl/N-ethyl adjacent to an activating group) is 1. The number of rotatable bonds is 6. The monoisotopic (exact) mass is 360 g/mol. The maximum atomic E-state index is 12.5. The normalized spacial score (nSPS) is 19.3. The number of aromatic nitrogens is 1. The van der Waals surface area contributed by atoms with Gasteiger partial charge < -0.3 is 19.4 Å². The lowest BCUT2D eigenvalue weighted by Gasteiger charge is -2.37. The van der Waals surface area contributed by atoms with Gasteiger partial charge in [-0.15, -0.1) is 0 Å². The maximum absolute atomic E-state index is 12.5. The highest BCUT2D eigenvalue weighted by Crippen LogP contribution is 2.33. The molecule has 3 heterocycles. The van der Waals surface area contributed by atoms with E-state index < -0.39 is 5.60 Å². The van der Waals surface area contributed by atoms with E-state index in [4.69, 9.17) is 4.74 Å². The smallest absolute Gasteiger partial charge is 0.410 e. The Morgan fingerprint density at radius 3 is 2.73 bits per heavy atom. The summed E-state index contributed by atoms with van der Waals surface area (Å²) in [7, 11) is 3.98. The average molecular weight is 360 g/mol. The van der Waals surface area contributed by atoms with Gasteiger partial charge in [-0.2, -0.15) is 0 Å². The van der Waals surface area contributed by atoms with Crippen LogP contribution in [0.5, 0.6) is 0 Å². The Kier molecular flexibility index (Phi) is 5.76. The zero-order chi connectivity index (χ0) is 18.6. The van der Waals surface area contributed by atoms with E-state index in [1.165, 1.54) is 0 Å². The van der Waals surface area contributed by atoms with Gasteiger partial charge in [-0.1, -0.05) is 6.07 Å². The summed E-state index contributed by atoms with van der Waals surface area (Å²) in [5.74, 6) is 0.152. The second-order valence-corrected chi connectivity index (χ2v) is 7.48. The summed E-state index contributed by atoms with van der Waals surface area (Å²) in [5, 5.41) is 0. The lowest BCUT2D eigenvalue weighted by molar-refractivity contribution is -0.134. The highest BCUT2D eigenvalue weighted by Gasteiger charge is 2.47. The molecule has 26 heavy (non-hydrogen) atoms. The van der Waals surface area contributed by atoms with Crippen LogP contribution in [0.4, 0.5) is 4.79 Å². The fraction of sp³-hybridized carbons (Fsp3) is 0.632. The molecule has 0 unspecified atom stereocenters. The molecule has 1 spiro atoms. The van der Waals surface area contributed by atoms with E-state index in [1.54, 1.807) is 11.1 Å². The molecule has 1 aromatic heterocycles. The molecule has 2 aliphatic rings. The molecule has 0 radical (unpaired) electrons. The van der Waals surface area contributed by atoms with Crippen LogP contribution in [0.1, 0.15) is 25.0 Å². The molecule has 2 saturated heterocycles. The number of carbonyl (C=O) groups is 2. The molecule has 2 aliphatic heterocycles. The number of ether oxygens (including phenoxy) is 1. The summed E-state index contributed by atoms with van der Waals surface area (Å²) >= 11 is 0. The molecule has 7 nitrogen and oxygen atoms in total. The van der Waals surface area contributed by atoms with Crippen molar-refractivity contribution < 1.29 is 14.3 Å². The zero-order valence-corrected chi connectivity index (χ0v) is 15.7. The first-order valence-corrected chi connectivity index (χ1v) is 9.28. The van der Waals surface area contributed by atoms with Crippen LogP contribution >= 0.6 is 0 Å². The molecule has 142 valence electrons. The summed E-state index contributed by atoms with van der Waals surface area (Å²) in [6.07, 6.45) is 4.09. The minimum atomic E-state index is -0.416. The first kappa shape index (κ1) is 18.6. The third-order valence-electron chi connectivity index (χ3n) is 5.21. The Bertz CT molecular complexity index is 627. The second kappa shape index (κ2) is 8.03. The Hall–Kier alpha value is -2.15. The number of hydrogen-bond acceptors (Lipinski definition) is 5. The Morgan fingerprint density at radius 1 is 1.31 bits per heavy atom. The summed E-state index contributed by atoms with van der Waals surface area (Å²) in [5.41, 5.74) is 0.525. The SMILES string of the molecule is CN(C)CCN1CC2(CCN(C(=O)CCc3ccccn3)CC2)OC1=O. The van der Waals surface area contributed by atoms with Crippen LogP contribution in [0.2, 0.25) is 0 Å². The molecular weight excluding hydrogens is 332 g/mol. The molecule has 0 aromatic carbocycles. The minimum absolute atomic E-state index is 0.152. The van der Waals surface area contributed by atoms with Gasteiger partial charge in [0.05, 0.1) is 6.54 Å². The molecule has 0 aliphatic carbocycles. The van der Waals surface area contributed by atoms with Crippen molar-refractivity contribution in [1.29, 1.82) is 0 Å². The minimum Gasteiger partial charge on any atom is -0.441 e. The van der Waals surface area contributed by atoms with Crippen molar-refractivity contribution >= 4 is 12.0 Å². The number of nitrogens with zero attached hydrogens (tertiary/aromatic N) is 4. The van der Waals surface area contributed by atoms with E-state index >= 15 is 0 Å². The Balaban J connectivity index is 1.46. The highest BCUT2D eigenvalue weighted by atomic mass is 16.6. The topological polar surface area (TPSA) is 66.0 Å². The van der Waals surface area contributed by atoms with E-state index in [1.807, 2.05) is 37.2 Å². The van der Waals surface area contributed by atoms with Gasteiger partial charge >= 0.3 is 6.09 Å². The van der Waals surface area contributed by atoms with Gasteiger partial charge in [0, 0.05) is 57.3 Å². The van der Waals surface area contributed by atoms with Crippen LogP contribution in [0.3, 0.4) is 0 Å². The van der Waals surface area contributed by atoms with Gasteiger partial charge in [-0.05, 0) is 32.6 Å². The third-order valence-corrected chi connectivity index (χ3v) is 5.21. The molecule has 0 bridgehead atoms. The van der Waals surface area contributed by atoms with Crippen molar-refractivity contribution in [2.24, 2.45) is 0 Å². The van der Waals surface area contributed by atoms with Crippen LogP contribution in [0.15, 0.2) is 24.4 Å². The van der Waals surface area contributed by atoms with E-state index in [-0.39, 0.29) is 12.0 Å². The molecular formula is C19H28N4O3. The Morgan fingerprint density at radius 2 is 2.08 bits per heavy atom. The van der Waals surface area contributed by atoms with Crippen molar-refractivity contribution in [3.8, 4) is 0 Å². The van der Waals surface area contributed by atoms with E-state index in [2.05, 4.69) is 9.88 Å². The van der Waals surface area contributed by atoms with Crippen molar-refractivity contribution in [1.82, 2.24) is 19.7 Å². The van der Waals surface area contributed by atoms with Crippen molar-refractivity contribution in [2.75, 3.05) is 46.8 Å². The predicted molar refractivity (Wildman–Crippen MR) is 97.7 cm³/mol. The largest absolute Gasteiger partial charge is 0.441 e. The first-order valence-electron chi connectivity index (χ1n) is 9.28. The quantitative estimate of drug-likeness (QED) is 0.767. The lowest BCUT2D eigenvalue weighted by Crippen LogP contribution is -2.49. The number of likely N-dealkylation sites (tertiary alicyclic amines) is 1. The first-order chi connectivity index (χ1) is 12.5. The lowest BCUT2D eigenvalue weighted by atomic mass is 9.91. The highest BCUT2D eigenvalue weighted by molar-refractivity contribution is 5.76. The van der Waals surface area contributed by atoms with Crippen molar-refractivity contribution in [2.45, 2.75) is 31.3 Å². The van der Waals surface area contributed by atoms with Crippen LogP contribution in [-0.2, 0) is 16.0 Å². The maximum Gasteiger partial charge on any atom is 0.410 e. The standard InChI is InChI=1S/C19H28N4O3/c1-21(2)13-14-23-15-19(26-18(23)25)8-11-22(12-9-19)17(24)7-6-16-5-3-4-10-20-16/h3-5,10H,6-9,11-15H2,1-2H3. The zero-order valence-electron chi connectivity index (χ0n) is 15.7. The fourth-order valence-electron chi connectivity index (χ4n) is 3.55. The molecule has 1 aromatic rings. The molecule has 7 heteroatoms. The second-order valence-electron chi connectivity index (χ2n) is 7.48. The fourth-order valence-corrected chi connectivity index (χ4v) is 3.55. The molecule has 3 rings (SSSR count). The Labute approximate surface area is 154 Å². The van der Waals surface area contributed by atoms with Gasteiger partial charge in [0.25, 0.3) is 0 Å². The number of pyridine rings is 1. The van der Waals surface area contributed by atoms with Gasteiger partial charge in [0.2, 0.25) is 5.91 Å². The molecule has 0 atom stereocenters. The summed E-state index contributed by atoms with van der Waals surface area (Å²) in [6, 6.07) is 5.76. The predicted octanol–water partition coefficient (Wildman–Crippen LogP) is 1.39.